The van der Waals surface area contributed by atoms with Crippen LogP contribution in [0, 0.1) is 6.92 Å². The lowest BCUT2D eigenvalue weighted by Gasteiger charge is -2.21. The van der Waals surface area contributed by atoms with Crippen molar-refractivity contribution in [3.8, 4) is 0 Å². The fourth-order valence-electron chi connectivity index (χ4n) is 1.70. The van der Waals surface area contributed by atoms with Crippen molar-refractivity contribution in [1.29, 1.82) is 0 Å². The SMILES string of the molecule is COCCN(CCO)Cc1cccc(C)c1. The average Bonchev–Trinajstić information content (AvgIpc) is 2.26. The number of aliphatic hydroxyl groups is 1. The van der Waals surface area contributed by atoms with Crippen LogP contribution in [0.3, 0.4) is 0 Å². The molecule has 0 fully saturated rings. The molecule has 0 heterocycles. The Morgan fingerprint density at radius 1 is 1.31 bits per heavy atom. The van der Waals surface area contributed by atoms with Crippen molar-refractivity contribution in [2.75, 3.05) is 33.4 Å². The second kappa shape index (κ2) is 7.39. The summed E-state index contributed by atoms with van der Waals surface area (Å²) in [7, 11) is 1.70. The summed E-state index contributed by atoms with van der Waals surface area (Å²) in [6.07, 6.45) is 0. The van der Waals surface area contributed by atoms with Gasteiger partial charge in [0.1, 0.15) is 0 Å². The zero-order valence-corrected chi connectivity index (χ0v) is 10.1. The molecule has 0 spiro atoms. The number of ether oxygens (including phenoxy) is 1. The topological polar surface area (TPSA) is 32.7 Å². The van der Waals surface area contributed by atoms with Gasteiger partial charge in [-0.15, -0.1) is 0 Å². The third-order valence-electron chi connectivity index (χ3n) is 2.52. The third kappa shape index (κ3) is 4.75. The van der Waals surface area contributed by atoms with Crippen LogP contribution >= 0.6 is 0 Å². The van der Waals surface area contributed by atoms with E-state index in [4.69, 9.17) is 9.84 Å². The molecule has 90 valence electrons. The summed E-state index contributed by atoms with van der Waals surface area (Å²) in [5, 5.41) is 8.99. The van der Waals surface area contributed by atoms with Gasteiger partial charge >= 0.3 is 0 Å². The summed E-state index contributed by atoms with van der Waals surface area (Å²) in [6, 6.07) is 8.45. The number of hydrogen-bond acceptors (Lipinski definition) is 3. The molecule has 16 heavy (non-hydrogen) atoms. The highest BCUT2D eigenvalue weighted by Crippen LogP contribution is 2.07. The lowest BCUT2D eigenvalue weighted by molar-refractivity contribution is 0.127. The van der Waals surface area contributed by atoms with Crippen LogP contribution in [0.25, 0.3) is 0 Å². The first kappa shape index (κ1) is 13.2. The molecule has 1 aromatic rings. The summed E-state index contributed by atoms with van der Waals surface area (Å²) in [6.45, 7) is 5.39. The van der Waals surface area contributed by atoms with Gasteiger partial charge in [-0.1, -0.05) is 29.8 Å². The van der Waals surface area contributed by atoms with E-state index in [1.165, 1.54) is 11.1 Å². The molecule has 1 N–H and O–H groups in total. The van der Waals surface area contributed by atoms with Crippen LogP contribution < -0.4 is 0 Å². The number of nitrogens with zero attached hydrogens (tertiary/aromatic N) is 1. The van der Waals surface area contributed by atoms with Crippen molar-refractivity contribution >= 4 is 0 Å². The van der Waals surface area contributed by atoms with E-state index in [0.29, 0.717) is 13.2 Å². The van der Waals surface area contributed by atoms with Crippen LogP contribution in [-0.2, 0) is 11.3 Å². The minimum atomic E-state index is 0.190. The van der Waals surface area contributed by atoms with E-state index in [9.17, 15) is 0 Å². The number of rotatable bonds is 7. The maximum absolute atomic E-state index is 8.99. The lowest BCUT2D eigenvalue weighted by atomic mass is 10.1. The smallest absolute Gasteiger partial charge is 0.0589 e. The maximum Gasteiger partial charge on any atom is 0.0589 e. The van der Waals surface area contributed by atoms with Crippen LogP contribution in [0.15, 0.2) is 24.3 Å². The molecule has 0 aromatic heterocycles. The Balaban J connectivity index is 2.52. The zero-order chi connectivity index (χ0) is 11.8. The molecule has 1 aromatic carbocycles. The second-order valence-corrected chi connectivity index (χ2v) is 3.98. The van der Waals surface area contributed by atoms with Gasteiger partial charge in [-0.25, -0.2) is 0 Å². The molecular formula is C13H21NO2. The van der Waals surface area contributed by atoms with E-state index in [1.807, 2.05) is 0 Å². The molecule has 0 bridgehead atoms. The fraction of sp³-hybridized carbons (Fsp3) is 0.538. The number of aryl methyl sites for hydroxylation is 1. The van der Waals surface area contributed by atoms with Gasteiger partial charge in [0.15, 0.2) is 0 Å². The Hall–Kier alpha value is -0.900. The predicted octanol–water partition coefficient (Wildman–Crippen LogP) is 1.44. The predicted molar refractivity (Wildman–Crippen MR) is 65.4 cm³/mol. The first-order chi connectivity index (χ1) is 7.76. The van der Waals surface area contributed by atoms with Crippen molar-refractivity contribution < 1.29 is 9.84 Å². The highest BCUT2D eigenvalue weighted by Gasteiger charge is 2.04. The van der Waals surface area contributed by atoms with Gasteiger partial charge in [0.05, 0.1) is 13.2 Å². The molecule has 0 aliphatic rings. The van der Waals surface area contributed by atoms with Crippen molar-refractivity contribution in [3.05, 3.63) is 35.4 Å². The zero-order valence-electron chi connectivity index (χ0n) is 10.1. The number of hydrogen-bond donors (Lipinski definition) is 1. The van der Waals surface area contributed by atoms with E-state index in [0.717, 1.165) is 13.1 Å². The van der Waals surface area contributed by atoms with E-state index < -0.39 is 0 Å². The molecule has 0 aliphatic carbocycles. The molecule has 0 amide bonds. The van der Waals surface area contributed by atoms with E-state index in [1.54, 1.807) is 7.11 Å². The minimum absolute atomic E-state index is 0.190. The van der Waals surface area contributed by atoms with Gasteiger partial charge in [0.2, 0.25) is 0 Å². The molecule has 0 unspecified atom stereocenters. The van der Waals surface area contributed by atoms with Gasteiger partial charge in [-0.05, 0) is 12.5 Å². The van der Waals surface area contributed by atoms with Crippen LogP contribution in [0.5, 0.6) is 0 Å². The van der Waals surface area contributed by atoms with Gasteiger partial charge in [0, 0.05) is 26.7 Å². The molecule has 3 nitrogen and oxygen atoms in total. The van der Waals surface area contributed by atoms with Crippen molar-refractivity contribution in [1.82, 2.24) is 4.90 Å². The van der Waals surface area contributed by atoms with Crippen LogP contribution in [0.2, 0.25) is 0 Å². The molecule has 0 saturated heterocycles. The minimum Gasteiger partial charge on any atom is -0.395 e. The van der Waals surface area contributed by atoms with Crippen molar-refractivity contribution in [3.63, 3.8) is 0 Å². The maximum atomic E-state index is 8.99. The summed E-state index contributed by atoms with van der Waals surface area (Å²) in [5.74, 6) is 0. The van der Waals surface area contributed by atoms with Gasteiger partial charge in [0.25, 0.3) is 0 Å². The van der Waals surface area contributed by atoms with Gasteiger partial charge in [-0.2, -0.15) is 0 Å². The largest absolute Gasteiger partial charge is 0.395 e. The summed E-state index contributed by atoms with van der Waals surface area (Å²) < 4.78 is 5.06. The van der Waals surface area contributed by atoms with Gasteiger partial charge < -0.3 is 9.84 Å². The van der Waals surface area contributed by atoms with Crippen molar-refractivity contribution in [2.24, 2.45) is 0 Å². The fourth-order valence-corrected chi connectivity index (χ4v) is 1.70. The third-order valence-corrected chi connectivity index (χ3v) is 2.52. The summed E-state index contributed by atoms with van der Waals surface area (Å²) in [5.41, 5.74) is 2.55. The summed E-state index contributed by atoms with van der Waals surface area (Å²) in [4.78, 5) is 2.19. The highest BCUT2D eigenvalue weighted by molar-refractivity contribution is 5.22. The first-order valence-electron chi connectivity index (χ1n) is 5.64. The van der Waals surface area contributed by atoms with E-state index in [2.05, 4.69) is 36.1 Å². The molecule has 0 atom stereocenters. The van der Waals surface area contributed by atoms with E-state index >= 15 is 0 Å². The van der Waals surface area contributed by atoms with Crippen LogP contribution in [0.1, 0.15) is 11.1 Å². The average molecular weight is 223 g/mol. The molecule has 0 aliphatic heterocycles. The lowest BCUT2D eigenvalue weighted by Crippen LogP contribution is -2.29. The Morgan fingerprint density at radius 3 is 2.75 bits per heavy atom. The molecule has 0 radical (unpaired) electrons. The Kier molecular flexibility index (Phi) is 6.08. The Morgan fingerprint density at radius 2 is 2.12 bits per heavy atom. The van der Waals surface area contributed by atoms with Crippen LogP contribution in [0.4, 0.5) is 0 Å². The summed E-state index contributed by atoms with van der Waals surface area (Å²) >= 11 is 0. The first-order valence-corrected chi connectivity index (χ1v) is 5.64. The monoisotopic (exact) mass is 223 g/mol. The normalized spacial score (nSPS) is 11.0. The molecule has 0 saturated carbocycles. The molecular weight excluding hydrogens is 202 g/mol. The van der Waals surface area contributed by atoms with Crippen LogP contribution in [-0.4, -0.2) is 43.4 Å². The number of benzene rings is 1. The highest BCUT2D eigenvalue weighted by atomic mass is 16.5. The number of aliphatic hydroxyl groups excluding tert-OH is 1. The standard InChI is InChI=1S/C13H21NO2/c1-12-4-3-5-13(10-12)11-14(6-8-15)7-9-16-2/h3-5,10,15H,6-9,11H2,1-2H3. The Labute approximate surface area is 97.7 Å². The number of methoxy groups -OCH3 is 1. The van der Waals surface area contributed by atoms with Crippen molar-refractivity contribution in [2.45, 2.75) is 13.5 Å². The quantitative estimate of drug-likeness (QED) is 0.759. The second-order valence-electron chi connectivity index (χ2n) is 3.98. The Bertz CT molecular complexity index is 302. The van der Waals surface area contributed by atoms with Gasteiger partial charge in [-0.3, -0.25) is 4.90 Å². The molecule has 1 rings (SSSR count). The molecule has 3 heteroatoms. The van der Waals surface area contributed by atoms with E-state index in [-0.39, 0.29) is 6.61 Å².